The Labute approximate surface area is 217 Å². The van der Waals surface area contributed by atoms with Gasteiger partial charge >= 0.3 is 6.03 Å². The zero-order valence-electron chi connectivity index (χ0n) is 15.4. The van der Waals surface area contributed by atoms with E-state index in [0.717, 1.165) is 0 Å². The third-order valence-corrected chi connectivity index (χ3v) is 6.18. The molecule has 3 amide bonds. The second kappa shape index (κ2) is 10.6. The van der Waals surface area contributed by atoms with Gasteiger partial charge in [-0.15, -0.1) is 0 Å². The molecule has 0 fully saturated rings. The average Bonchev–Trinajstić information content (AvgIpc) is 2.70. The smallest absolute Gasteiger partial charge is 0.326 e. The van der Waals surface area contributed by atoms with Crippen LogP contribution >= 0.6 is 81.2 Å². The molecule has 0 spiro atoms. The van der Waals surface area contributed by atoms with Gasteiger partial charge in [-0.1, -0.05) is 87.3 Å². The zero-order chi connectivity index (χ0) is 23.6. The summed E-state index contributed by atoms with van der Waals surface area (Å²) in [4.78, 5) is 24.7. The van der Waals surface area contributed by atoms with Crippen molar-refractivity contribution in [1.29, 1.82) is 0 Å². The van der Waals surface area contributed by atoms with Crippen molar-refractivity contribution >= 4 is 98.8 Å². The van der Waals surface area contributed by atoms with Gasteiger partial charge in [-0.25, -0.2) is 4.79 Å². The van der Waals surface area contributed by atoms with E-state index in [0.29, 0.717) is 5.02 Å². The molecule has 0 unspecified atom stereocenters. The first-order valence-corrected chi connectivity index (χ1v) is 11.1. The van der Waals surface area contributed by atoms with Gasteiger partial charge in [0.2, 0.25) is 0 Å². The topological polar surface area (TPSA) is 67.4 Å². The molecule has 0 saturated carbocycles. The Morgan fingerprint density at radius 1 is 0.750 bits per heavy atom. The maximum atomic E-state index is 12.4. The molecule has 3 aromatic rings. The number of carbonyl (C=O) groups excluding carboxylic acids is 2. The molecule has 3 aromatic carbocycles. The summed E-state index contributed by atoms with van der Waals surface area (Å²) in [5.41, 5.74) is -0.0384. The van der Waals surface area contributed by atoms with E-state index < -0.39 is 11.9 Å². The van der Waals surface area contributed by atoms with E-state index in [1.165, 1.54) is 30.3 Å². The minimum Gasteiger partial charge on any atom is -0.453 e. The Balaban J connectivity index is 1.80. The number of imide groups is 1. The summed E-state index contributed by atoms with van der Waals surface area (Å²) >= 11 is 42.7. The van der Waals surface area contributed by atoms with Gasteiger partial charge in [-0.05, 0) is 36.4 Å². The summed E-state index contributed by atoms with van der Waals surface area (Å²) < 4.78 is 5.66. The molecule has 0 bridgehead atoms. The lowest BCUT2D eigenvalue weighted by Gasteiger charge is -2.15. The number of hydrogen-bond donors (Lipinski definition) is 2. The van der Waals surface area contributed by atoms with Crippen molar-refractivity contribution in [3.8, 4) is 11.5 Å². The van der Waals surface area contributed by atoms with Gasteiger partial charge in [0, 0.05) is 5.02 Å². The Bertz CT molecular complexity index is 1210. The van der Waals surface area contributed by atoms with Crippen molar-refractivity contribution in [3.05, 3.63) is 83.2 Å². The van der Waals surface area contributed by atoms with Gasteiger partial charge in [0.05, 0.1) is 36.4 Å². The van der Waals surface area contributed by atoms with E-state index in [4.69, 9.17) is 85.9 Å². The quantitative estimate of drug-likeness (QED) is 0.306. The van der Waals surface area contributed by atoms with Crippen LogP contribution in [0.5, 0.6) is 11.5 Å². The van der Waals surface area contributed by atoms with E-state index >= 15 is 0 Å². The molecule has 0 aromatic heterocycles. The Morgan fingerprint density at radius 3 is 2.03 bits per heavy atom. The number of carbonyl (C=O) groups is 2. The van der Waals surface area contributed by atoms with Crippen molar-refractivity contribution in [2.75, 3.05) is 5.32 Å². The fourth-order valence-corrected chi connectivity index (χ4v) is 4.20. The molecule has 2 N–H and O–H groups in total. The molecule has 0 saturated heterocycles. The molecule has 0 atom stereocenters. The molecular weight excluding hydrogens is 564 g/mol. The Kier molecular flexibility index (Phi) is 8.28. The highest BCUT2D eigenvalue weighted by molar-refractivity contribution is 6.47. The largest absolute Gasteiger partial charge is 0.453 e. The fraction of sp³-hybridized carbons (Fsp3) is 0. The third kappa shape index (κ3) is 5.67. The first-order valence-electron chi connectivity index (χ1n) is 8.45. The molecule has 0 aliphatic rings. The van der Waals surface area contributed by atoms with E-state index in [1.807, 2.05) is 0 Å². The highest BCUT2D eigenvalue weighted by Gasteiger charge is 2.21. The lowest BCUT2D eigenvalue weighted by Crippen LogP contribution is -2.34. The second-order valence-electron chi connectivity index (χ2n) is 6.04. The van der Waals surface area contributed by atoms with E-state index in [9.17, 15) is 9.59 Å². The Morgan fingerprint density at radius 2 is 1.41 bits per heavy atom. The zero-order valence-corrected chi connectivity index (χ0v) is 20.7. The van der Waals surface area contributed by atoms with Gasteiger partial charge in [-0.3, -0.25) is 10.1 Å². The number of nitrogens with one attached hydrogen (secondary N) is 2. The lowest BCUT2D eigenvalue weighted by molar-refractivity contribution is 0.0967. The monoisotopic (exact) mass is 570 g/mol. The lowest BCUT2D eigenvalue weighted by atomic mass is 10.2. The molecule has 0 radical (unpaired) electrons. The summed E-state index contributed by atoms with van der Waals surface area (Å²) in [7, 11) is 0. The first kappa shape index (κ1) is 25.1. The molecule has 5 nitrogen and oxygen atoms in total. The Hall–Kier alpha value is -1.57. The molecule has 32 heavy (non-hydrogen) atoms. The minimum absolute atomic E-state index is 0.00689. The maximum Gasteiger partial charge on any atom is 0.326 e. The normalized spacial score (nSPS) is 10.6. The molecule has 0 aliphatic carbocycles. The van der Waals surface area contributed by atoms with Gasteiger partial charge in [0.1, 0.15) is 10.8 Å². The second-order valence-corrected chi connectivity index (χ2v) is 8.87. The van der Waals surface area contributed by atoms with Crippen LogP contribution in [0.3, 0.4) is 0 Å². The molecular formula is C20H9Cl7N2O3. The number of hydrogen-bond acceptors (Lipinski definition) is 3. The van der Waals surface area contributed by atoms with Gasteiger partial charge < -0.3 is 10.1 Å². The molecule has 12 heteroatoms. The number of rotatable bonds is 4. The van der Waals surface area contributed by atoms with Crippen LogP contribution in [0.25, 0.3) is 0 Å². The summed E-state index contributed by atoms with van der Waals surface area (Å²) in [6.45, 7) is 0. The predicted octanol–water partition coefficient (Wildman–Crippen LogP) is 9.01. The van der Waals surface area contributed by atoms with Crippen LogP contribution in [0.2, 0.25) is 35.2 Å². The van der Waals surface area contributed by atoms with Crippen LogP contribution in [0, 0.1) is 0 Å². The van der Waals surface area contributed by atoms with E-state index in [-0.39, 0.29) is 52.9 Å². The van der Waals surface area contributed by atoms with Crippen LogP contribution in [-0.2, 0) is 0 Å². The fourth-order valence-electron chi connectivity index (χ4n) is 2.46. The van der Waals surface area contributed by atoms with Crippen LogP contribution in [0.15, 0.2) is 42.5 Å². The molecule has 3 rings (SSSR count). The van der Waals surface area contributed by atoms with Gasteiger partial charge in [0.25, 0.3) is 5.91 Å². The SMILES string of the molecule is O=C(NC(=O)c1c(Cl)cccc1Cl)Nc1cc(Cl)c(Oc2ccc(Cl)cc2Cl)c(Cl)c1Cl. The highest BCUT2D eigenvalue weighted by Crippen LogP contribution is 2.46. The van der Waals surface area contributed by atoms with Crippen molar-refractivity contribution in [2.24, 2.45) is 0 Å². The summed E-state index contributed by atoms with van der Waals surface area (Å²) in [6.07, 6.45) is 0. The molecule has 0 heterocycles. The van der Waals surface area contributed by atoms with Crippen molar-refractivity contribution in [2.45, 2.75) is 0 Å². The molecule has 0 aliphatic heterocycles. The summed E-state index contributed by atoms with van der Waals surface area (Å²) in [6, 6.07) is 9.42. The predicted molar refractivity (Wildman–Crippen MR) is 131 cm³/mol. The van der Waals surface area contributed by atoms with E-state index in [1.54, 1.807) is 12.1 Å². The number of ether oxygens (including phenoxy) is 1. The molecule has 166 valence electrons. The van der Waals surface area contributed by atoms with Crippen LogP contribution in [-0.4, -0.2) is 11.9 Å². The van der Waals surface area contributed by atoms with Gasteiger partial charge in [0.15, 0.2) is 5.75 Å². The number of benzene rings is 3. The van der Waals surface area contributed by atoms with E-state index in [2.05, 4.69) is 10.6 Å². The highest BCUT2D eigenvalue weighted by atomic mass is 35.5. The van der Waals surface area contributed by atoms with Crippen LogP contribution in [0.1, 0.15) is 10.4 Å². The standard InChI is InChI=1S/C20H9Cl7N2O3/c21-8-4-5-14(11(24)6-8)32-18-12(25)7-13(16(26)17(18)27)28-20(31)29-19(30)15-9(22)2-1-3-10(15)23/h1-7H,(H2,28,29,30,31). The van der Waals surface area contributed by atoms with Crippen LogP contribution in [0.4, 0.5) is 10.5 Å². The minimum atomic E-state index is -0.922. The van der Waals surface area contributed by atoms with Crippen LogP contribution < -0.4 is 15.4 Å². The number of urea groups is 1. The average molecular weight is 573 g/mol. The number of halogens is 7. The summed E-state index contributed by atoms with van der Waals surface area (Å²) in [5.74, 6) is -0.576. The van der Waals surface area contributed by atoms with Crippen molar-refractivity contribution < 1.29 is 14.3 Å². The maximum absolute atomic E-state index is 12.4. The number of anilines is 1. The van der Waals surface area contributed by atoms with Crippen molar-refractivity contribution in [3.63, 3.8) is 0 Å². The van der Waals surface area contributed by atoms with Crippen molar-refractivity contribution in [1.82, 2.24) is 5.32 Å². The first-order chi connectivity index (χ1) is 15.1. The summed E-state index contributed by atoms with van der Waals surface area (Å²) in [5, 5.41) is 5.10. The number of amides is 3. The third-order valence-electron chi connectivity index (χ3n) is 3.89. The van der Waals surface area contributed by atoms with Gasteiger partial charge in [-0.2, -0.15) is 0 Å².